The van der Waals surface area contributed by atoms with E-state index in [1.807, 2.05) is 31.2 Å². The zero-order chi connectivity index (χ0) is 15.2. The number of benzene rings is 2. The average molecular weight is 301 g/mol. The van der Waals surface area contributed by atoms with Crippen molar-refractivity contribution in [3.8, 4) is 0 Å². The second-order valence-electron chi connectivity index (χ2n) is 4.45. The van der Waals surface area contributed by atoms with Gasteiger partial charge in [0.1, 0.15) is 0 Å². The number of anilines is 1. The van der Waals surface area contributed by atoms with E-state index in [-0.39, 0.29) is 17.2 Å². The second kappa shape index (κ2) is 6.95. The molecule has 0 aliphatic rings. The molecule has 21 heavy (non-hydrogen) atoms. The van der Waals surface area contributed by atoms with Gasteiger partial charge in [-0.25, -0.2) is 4.79 Å². The Labute approximate surface area is 127 Å². The number of carbonyl (C=O) groups excluding carboxylic acids is 1. The Morgan fingerprint density at radius 2 is 1.76 bits per heavy atom. The van der Waals surface area contributed by atoms with Crippen LogP contribution in [0.2, 0.25) is 0 Å². The molecule has 2 aromatic rings. The minimum absolute atomic E-state index is 0.0896. The summed E-state index contributed by atoms with van der Waals surface area (Å²) in [6.45, 7) is 1.99. The molecule has 5 heteroatoms. The lowest BCUT2D eigenvalue weighted by atomic mass is 10.2. The molecular formula is C16H15NO3S. The molecule has 2 rings (SSSR count). The highest BCUT2D eigenvalue weighted by molar-refractivity contribution is 8.00. The maximum absolute atomic E-state index is 11.9. The lowest BCUT2D eigenvalue weighted by Gasteiger charge is -2.09. The second-order valence-corrected chi connectivity index (χ2v) is 5.47. The van der Waals surface area contributed by atoms with Gasteiger partial charge in [0.25, 0.3) is 0 Å². The van der Waals surface area contributed by atoms with Crippen LogP contribution in [0.5, 0.6) is 0 Å². The first-order valence-corrected chi connectivity index (χ1v) is 7.37. The van der Waals surface area contributed by atoms with Crippen LogP contribution in [0.3, 0.4) is 0 Å². The van der Waals surface area contributed by atoms with Gasteiger partial charge in [0.2, 0.25) is 5.91 Å². The third-order valence-corrected chi connectivity index (χ3v) is 4.06. The lowest BCUT2D eigenvalue weighted by molar-refractivity contribution is -0.113. The predicted molar refractivity (Wildman–Crippen MR) is 83.9 cm³/mol. The Morgan fingerprint density at radius 3 is 2.48 bits per heavy atom. The number of carboxylic acid groups (broad SMARTS) is 1. The first-order chi connectivity index (χ1) is 10.1. The number of amides is 1. The third-order valence-electron chi connectivity index (χ3n) is 2.88. The van der Waals surface area contributed by atoms with Gasteiger partial charge in [-0.2, -0.15) is 0 Å². The van der Waals surface area contributed by atoms with Crippen LogP contribution in [-0.4, -0.2) is 22.7 Å². The summed E-state index contributed by atoms with van der Waals surface area (Å²) in [6, 6.07) is 14.2. The molecular weight excluding hydrogens is 286 g/mol. The van der Waals surface area contributed by atoms with Crippen molar-refractivity contribution in [3.63, 3.8) is 0 Å². The van der Waals surface area contributed by atoms with Crippen LogP contribution >= 0.6 is 11.8 Å². The van der Waals surface area contributed by atoms with E-state index < -0.39 is 5.97 Å². The van der Waals surface area contributed by atoms with Crippen molar-refractivity contribution >= 4 is 29.3 Å². The van der Waals surface area contributed by atoms with E-state index in [0.717, 1.165) is 10.5 Å². The monoisotopic (exact) mass is 301 g/mol. The Morgan fingerprint density at radius 1 is 1.10 bits per heavy atom. The van der Waals surface area contributed by atoms with Gasteiger partial charge in [0.15, 0.2) is 0 Å². The van der Waals surface area contributed by atoms with Gasteiger partial charge in [-0.05, 0) is 30.7 Å². The number of rotatable bonds is 5. The molecule has 0 saturated carbocycles. The minimum Gasteiger partial charge on any atom is -0.478 e. The molecule has 0 aliphatic heterocycles. The van der Waals surface area contributed by atoms with Crippen LogP contribution in [0, 0.1) is 6.92 Å². The maximum atomic E-state index is 11.9. The summed E-state index contributed by atoms with van der Waals surface area (Å²) < 4.78 is 0. The average Bonchev–Trinajstić information content (AvgIpc) is 2.47. The van der Waals surface area contributed by atoms with Gasteiger partial charge >= 0.3 is 5.97 Å². The van der Waals surface area contributed by atoms with Gasteiger partial charge in [0, 0.05) is 4.90 Å². The molecule has 4 nitrogen and oxygen atoms in total. The van der Waals surface area contributed by atoms with Gasteiger partial charge in [-0.1, -0.05) is 30.3 Å². The zero-order valence-corrected chi connectivity index (χ0v) is 12.3. The number of carbonyl (C=O) groups is 2. The minimum atomic E-state index is -1.06. The Kier molecular flexibility index (Phi) is 5.00. The zero-order valence-electron chi connectivity index (χ0n) is 11.5. The summed E-state index contributed by atoms with van der Waals surface area (Å²) in [4.78, 5) is 24.1. The Bertz CT molecular complexity index is 670. The quantitative estimate of drug-likeness (QED) is 0.830. The number of nitrogens with one attached hydrogen (secondary N) is 1. The molecule has 108 valence electrons. The van der Waals surface area contributed by atoms with Crippen molar-refractivity contribution in [3.05, 3.63) is 59.7 Å². The highest BCUT2D eigenvalue weighted by atomic mass is 32.2. The molecule has 0 bridgehead atoms. The van der Waals surface area contributed by atoms with Crippen LogP contribution in [0.15, 0.2) is 53.4 Å². The molecule has 0 unspecified atom stereocenters. The first kappa shape index (κ1) is 15.1. The Hall–Kier alpha value is -2.27. The van der Waals surface area contributed by atoms with Gasteiger partial charge in [-0.3, -0.25) is 4.79 Å². The Balaban J connectivity index is 2.00. The van der Waals surface area contributed by atoms with Crippen molar-refractivity contribution < 1.29 is 14.7 Å². The number of hydrogen-bond donors (Lipinski definition) is 2. The van der Waals surface area contributed by atoms with E-state index in [1.54, 1.807) is 18.2 Å². The molecule has 0 fully saturated rings. The van der Waals surface area contributed by atoms with Crippen LogP contribution in [-0.2, 0) is 4.79 Å². The number of thioether (sulfide) groups is 1. The molecule has 0 spiro atoms. The number of carboxylic acids is 1. The van der Waals surface area contributed by atoms with E-state index in [0.29, 0.717) is 5.69 Å². The fraction of sp³-hybridized carbons (Fsp3) is 0.125. The summed E-state index contributed by atoms with van der Waals surface area (Å²) >= 11 is 1.43. The number of aryl methyl sites for hydroxylation is 1. The van der Waals surface area contributed by atoms with E-state index in [2.05, 4.69) is 5.32 Å². The topological polar surface area (TPSA) is 66.4 Å². The summed E-state index contributed by atoms with van der Waals surface area (Å²) in [5.74, 6) is -1.05. The van der Waals surface area contributed by atoms with Crippen molar-refractivity contribution in [1.29, 1.82) is 0 Å². The fourth-order valence-electron chi connectivity index (χ4n) is 1.83. The normalized spacial score (nSPS) is 10.1. The first-order valence-electron chi connectivity index (χ1n) is 6.38. The SMILES string of the molecule is Cc1ccccc1SCC(=O)Nc1ccccc1C(=O)O. The van der Waals surface area contributed by atoms with E-state index in [9.17, 15) is 9.59 Å². The molecule has 0 heterocycles. The summed E-state index contributed by atoms with van der Waals surface area (Å²) in [5.41, 5.74) is 1.52. The van der Waals surface area contributed by atoms with Crippen molar-refractivity contribution in [2.75, 3.05) is 11.1 Å². The molecule has 2 N–H and O–H groups in total. The summed E-state index contributed by atoms with van der Waals surface area (Å²) in [7, 11) is 0. The molecule has 0 saturated heterocycles. The van der Waals surface area contributed by atoms with Crippen LogP contribution in [0.1, 0.15) is 15.9 Å². The van der Waals surface area contributed by atoms with Crippen LogP contribution in [0.25, 0.3) is 0 Å². The molecule has 1 amide bonds. The maximum Gasteiger partial charge on any atom is 0.337 e. The largest absolute Gasteiger partial charge is 0.478 e. The number of para-hydroxylation sites is 1. The van der Waals surface area contributed by atoms with Crippen LogP contribution in [0.4, 0.5) is 5.69 Å². The van der Waals surface area contributed by atoms with Crippen molar-refractivity contribution in [1.82, 2.24) is 0 Å². The summed E-state index contributed by atoms with van der Waals surface area (Å²) in [6.07, 6.45) is 0. The number of hydrogen-bond acceptors (Lipinski definition) is 3. The van der Waals surface area contributed by atoms with Crippen molar-refractivity contribution in [2.45, 2.75) is 11.8 Å². The molecule has 0 aromatic heterocycles. The van der Waals surface area contributed by atoms with Crippen molar-refractivity contribution in [2.24, 2.45) is 0 Å². The summed E-state index contributed by atoms with van der Waals surface area (Å²) in [5, 5.41) is 11.7. The van der Waals surface area contributed by atoms with Crippen LogP contribution < -0.4 is 5.32 Å². The highest BCUT2D eigenvalue weighted by Gasteiger charge is 2.12. The van der Waals surface area contributed by atoms with E-state index in [1.165, 1.54) is 17.8 Å². The van der Waals surface area contributed by atoms with E-state index >= 15 is 0 Å². The third kappa shape index (κ3) is 4.10. The lowest BCUT2D eigenvalue weighted by Crippen LogP contribution is -2.16. The van der Waals surface area contributed by atoms with Gasteiger partial charge in [0.05, 0.1) is 17.0 Å². The standard InChI is InChI=1S/C16H15NO3S/c1-11-6-2-5-9-14(11)21-10-15(18)17-13-8-4-3-7-12(13)16(19)20/h2-9H,10H2,1H3,(H,17,18)(H,19,20). The fourth-order valence-corrected chi connectivity index (χ4v) is 2.66. The predicted octanol–water partition coefficient (Wildman–Crippen LogP) is 3.42. The number of aromatic carboxylic acids is 1. The highest BCUT2D eigenvalue weighted by Crippen LogP contribution is 2.22. The van der Waals surface area contributed by atoms with E-state index in [4.69, 9.17) is 5.11 Å². The molecule has 2 aromatic carbocycles. The van der Waals surface area contributed by atoms with Gasteiger partial charge < -0.3 is 10.4 Å². The smallest absolute Gasteiger partial charge is 0.337 e. The van der Waals surface area contributed by atoms with Gasteiger partial charge in [-0.15, -0.1) is 11.8 Å². The molecule has 0 radical (unpaired) electrons. The molecule has 0 atom stereocenters. The molecule has 0 aliphatic carbocycles.